The maximum atomic E-state index is 4.32. The summed E-state index contributed by atoms with van der Waals surface area (Å²) in [6.07, 6.45) is 2.59. The molecular formula is C17H24N4. The number of para-hydroxylation sites is 1. The molecule has 0 radical (unpaired) electrons. The normalized spacial score (nSPS) is 10.7. The standard InChI is InChI=1S/C17H24N4/c1-5-14-8-6-7-13(4)17(14)21-16-9-15(19-11-20-16)18-10-12(2)3/h6-9,11-12H,5,10H2,1-4H3,(H2,18,19,20,21). The molecule has 0 aliphatic rings. The van der Waals surface area contributed by atoms with Gasteiger partial charge in [0, 0.05) is 18.3 Å². The second kappa shape index (κ2) is 7.07. The molecule has 0 aliphatic carbocycles. The number of benzene rings is 1. The molecule has 2 rings (SSSR count). The average molecular weight is 284 g/mol. The van der Waals surface area contributed by atoms with E-state index in [0.29, 0.717) is 5.92 Å². The second-order valence-corrected chi connectivity index (χ2v) is 5.65. The monoisotopic (exact) mass is 284 g/mol. The van der Waals surface area contributed by atoms with Crippen LogP contribution < -0.4 is 10.6 Å². The molecule has 0 spiro atoms. The molecule has 1 aromatic carbocycles. The van der Waals surface area contributed by atoms with Gasteiger partial charge in [0.1, 0.15) is 18.0 Å². The molecule has 1 aromatic heterocycles. The first kappa shape index (κ1) is 15.3. The van der Waals surface area contributed by atoms with Gasteiger partial charge in [0.15, 0.2) is 0 Å². The minimum absolute atomic E-state index is 0.583. The molecule has 0 bridgehead atoms. The molecule has 0 amide bonds. The summed E-state index contributed by atoms with van der Waals surface area (Å²) in [5, 5.41) is 6.75. The first-order valence-electron chi connectivity index (χ1n) is 7.51. The van der Waals surface area contributed by atoms with Gasteiger partial charge in [-0.05, 0) is 30.4 Å². The lowest BCUT2D eigenvalue weighted by atomic mass is 10.1. The Balaban J connectivity index is 2.18. The lowest BCUT2D eigenvalue weighted by molar-refractivity contribution is 0.687. The summed E-state index contributed by atoms with van der Waals surface area (Å²) >= 11 is 0. The van der Waals surface area contributed by atoms with Crippen LogP contribution >= 0.6 is 0 Å². The summed E-state index contributed by atoms with van der Waals surface area (Å²) in [5.41, 5.74) is 3.67. The van der Waals surface area contributed by atoms with Crippen molar-refractivity contribution in [3.63, 3.8) is 0 Å². The van der Waals surface area contributed by atoms with E-state index >= 15 is 0 Å². The van der Waals surface area contributed by atoms with Gasteiger partial charge < -0.3 is 10.6 Å². The summed E-state index contributed by atoms with van der Waals surface area (Å²) in [5.74, 6) is 2.26. The molecule has 0 saturated heterocycles. The van der Waals surface area contributed by atoms with Crippen LogP contribution in [0, 0.1) is 12.8 Å². The minimum atomic E-state index is 0.583. The van der Waals surface area contributed by atoms with Crippen molar-refractivity contribution in [2.75, 3.05) is 17.2 Å². The minimum Gasteiger partial charge on any atom is -0.370 e. The Morgan fingerprint density at radius 3 is 2.62 bits per heavy atom. The van der Waals surface area contributed by atoms with E-state index in [-0.39, 0.29) is 0 Å². The summed E-state index contributed by atoms with van der Waals surface area (Å²) in [4.78, 5) is 8.57. The molecule has 0 unspecified atom stereocenters. The Labute approximate surface area is 127 Å². The Kier molecular flexibility index (Phi) is 5.14. The number of nitrogens with zero attached hydrogens (tertiary/aromatic N) is 2. The van der Waals surface area contributed by atoms with Crippen molar-refractivity contribution in [1.82, 2.24) is 9.97 Å². The summed E-state index contributed by atoms with van der Waals surface area (Å²) in [7, 11) is 0. The fourth-order valence-corrected chi connectivity index (χ4v) is 2.16. The van der Waals surface area contributed by atoms with Crippen LogP contribution in [0.1, 0.15) is 31.9 Å². The Morgan fingerprint density at radius 2 is 1.90 bits per heavy atom. The molecule has 21 heavy (non-hydrogen) atoms. The van der Waals surface area contributed by atoms with Crippen molar-refractivity contribution < 1.29 is 0 Å². The second-order valence-electron chi connectivity index (χ2n) is 5.65. The van der Waals surface area contributed by atoms with E-state index in [0.717, 1.165) is 30.3 Å². The highest BCUT2D eigenvalue weighted by Crippen LogP contribution is 2.25. The van der Waals surface area contributed by atoms with Gasteiger partial charge in [-0.3, -0.25) is 0 Å². The summed E-state index contributed by atoms with van der Waals surface area (Å²) in [6, 6.07) is 8.30. The van der Waals surface area contributed by atoms with Gasteiger partial charge >= 0.3 is 0 Å². The summed E-state index contributed by atoms with van der Waals surface area (Å²) < 4.78 is 0. The summed E-state index contributed by atoms with van der Waals surface area (Å²) in [6.45, 7) is 9.53. The van der Waals surface area contributed by atoms with Crippen LogP contribution in [0.4, 0.5) is 17.3 Å². The molecule has 1 heterocycles. The van der Waals surface area contributed by atoms with E-state index in [1.54, 1.807) is 6.33 Å². The lowest BCUT2D eigenvalue weighted by Crippen LogP contribution is -2.09. The zero-order valence-electron chi connectivity index (χ0n) is 13.3. The van der Waals surface area contributed by atoms with Crippen LogP contribution in [-0.4, -0.2) is 16.5 Å². The average Bonchev–Trinajstić information content (AvgIpc) is 2.47. The highest BCUT2D eigenvalue weighted by Gasteiger charge is 2.06. The molecule has 0 saturated carbocycles. The van der Waals surface area contributed by atoms with Crippen LogP contribution in [-0.2, 0) is 6.42 Å². The number of anilines is 3. The Morgan fingerprint density at radius 1 is 1.14 bits per heavy atom. The highest BCUT2D eigenvalue weighted by atomic mass is 15.1. The van der Waals surface area contributed by atoms with Crippen molar-refractivity contribution in [3.8, 4) is 0 Å². The van der Waals surface area contributed by atoms with Crippen molar-refractivity contribution in [1.29, 1.82) is 0 Å². The topological polar surface area (TPSA) is 49.8 Å². The van der Waals surface area contributed by atoms with Crippen LogP contribution in [0.5, 0.6) is 0 Å². The smallest absolute Gasteiger partial charge is 0.135 e. The van der Waals surface area contributed by atoms with E-state index in [2.05, 4.69) is 66.5 Å². The largest absolute Gasteiger partial charge is 0.370 e. The van der Waals surface area contributed by atoms with Crippen LogP contribution in [0.15, 0.2) is 30.6 Å². The van der Waals surface area contributed by atoms with Crippen molar-refractivity contribution >= 4 is 17.3 Å². The predicted molar refractivity (Wildman–Crippen MR) is 89.2 cm³/mol. The number of aromatic nitrogens is 2. The molecule has 4 heteroatoms. The van der Waals surface area contributed by atoms with E-state index in [9.17, 15) is 0 Å². The van der Waals surface area contributed by atoms with Gasteiger partial charge in [-0.25, -0.2) is 9.97 Å². The van der Waals surface area contributed by atoms with Crippen LogP contribution in [0.25, 0.3) is 0 Å². The molecular weight excluding hydrogens is 260 g/mol. The van der Waals surface area contributed by atoms with Crippen molar-refractivity contribution in [3.05, 3.63) is 41.7 Å². The SMILES string of the molecule is CCc1cccc(C)c1Nc1cc(NCC(C)C)ncn1. The Bertz CT molecular complexity index is 593. The zero-order chi connectivity index (χ0) is 15.2. The molecule has 0 atom stereocenters. The number of nitrogens with one attached hydrogen (secondary N) is 2. The van der Waals surface area contributed by atoms with Crippen molar-refractivity contribution in [2.24, 2.45) is 5.92 Å². The van der Waals surface area contributed by atoms with Gasteiger partial charge in [-0.2, -0.15) is 0 Å². The van der Waals surface area contributed by atoms with E-state index in [1.165, 1.54) is 11.1 Å². The third-order valence-corrected chi connectivity index (χ3v) is 3.35. The Hall–Kier alpha value is -2.10. The lowest BCUT2D eigenvalue weighted by Gasteiger charge is -2.14. The third-order valence-electron chi connectivity index (χ3n) is 3.35. The predicted octanol–water partition coefficient (Wildman–Crippen LogP) is 4.16. The maximum absolute atomic E-state index is 4.32. The van der Waals surface area contributed by atoms with Crippen molar-refractivity contribution in [2.45, 2.75) is 34.1 Å². The molecule has 112 valence electrons. The first-order valence-corrected chi connectivity index (χ1v) is 7.51. The van der Waals surface area contributed by atoms with E-state index in [1.807, 2.05) is 6.07 Å². The van der Waals surface area contributed by atoms with Gasteiger partial charge in [0.25, 0.3) is 0 Å². The quantitative estimate of drug-likeness (QED) is 0.836. The van der Waals surface area contributed by atoms with Gasteiger partial charge in [0.2, 0.25) is 0 Å². The maximum Gasteiger partial charge on any atom is 0.135 e. The van der Waals surface area contributed by atoms with Gasteiger partial charge in [-0.15, -0.1) is 0 Å². The molecule has 2 N–H and O–H groups in total. The fraction of sp³-hybridized carbons (Fsp3) is 0.412. The number of rotatable bonds is 6. The fourth-order valence-electron chi connectivity index (χ4n) is 2.16. The number of aryl methyl sites for hydroxylation is 2. The van der Waals surface area contributed by atoms with Gasteiger partial charge in [0.05, 0.1) is 0 Å². The van der Waals surface area contributed by atoms with Crippen LogP contribution in [0.2, 0.25) is 0 Å². The number of hydrogen-bond donors (Lipinski definition) is 2. The van der Waals surface area contributed by atoms with E-state index in [4.69, 9.17) is 0 Å². The number of hydrogen-bond acceptors (Lipinski definition) is 4. The third kappa shape index (κ3) is 4.18. The highest BCUT2D eigenvalue weighted by molar-refractivity contribution is 5.66. The van der Waals surface area contributed by atoms with E-state index < -0.39 is 0 Å². The molecule has 4 nitrogen and oxygen atoms in total. The first-order chi connectivity index (χ1) is 10.1. The van der Waals surface area contributed by atoms with Gasteiger partial charge in [-0.1, -0.05) is 39.0 Å². The molecule has 0 fully saturated rings. The zero-order valence-corrected chi connectivity index (χ0v) is 13.3. The molecule has 0 aliphatic heterocycles. The van der Waals surface area contributed by atoms with Crippen LogP contribution in [0.3, 0.4) is 0 Å². The molecule has 2 aromatic rings.